The van der Waals surface area contributed by atoms with Crippen molar-refractivity contribution >= 4 is 5.91 Å². The van der Waals surface area contributed by atoms with Crippen LogP contribution in [0.25, 0.3) is 0 Å². The summed E-state index contributed by atoms with van der Waals surface area (Å²) >= 11 is 0. The molecule has 0 aliphatic carbocycles. The quantitative estimate of drug-likeness (QED) is 0.660. The second-order valence-electron chi connectivity index (χ2n) is 4.44. The van der Waals surface area contributed by atoms with Crippen LogP contribution in [0.15, 0.2) is 0 Å². The van der Waals surface area contributed by atoms with Gasteiger partial charge in [-0.25, -0.2) is 0 Å². The van der Waals surface area contributed by atoms with Crippen molar-refractivity contribution in [3.8, 4) is 0 Å². The maximum Gasteiger partial charge on any atom is 0.237 e. The van der Waals surface area contributed by atoms with Crippen molar-refractivity contribution in [2.75, 3.05) is 20.6 Å². The lowest BCUT2D eigenvalue weighted by Crippen LogP contribution is -2.49. The summed E-state index contributed by atoms with van der Waals surface area (Å²) in [6.07, 6.45) is 0. The highest BCUT2D eigenvalue weighted by Gasteiger charge is 2.18. The van der Waals surface area contributed by atoms with Crippen LogP contribution in [0.4, 0.5) is 0 Å². The van der Waals surface area contributed by atoms with Crippen molar-refractivity contribution in [1.82, 2.24) is 10.2 Å². The Labute approximate surface area is 86.8 Å². The Bertz CT molecular complexity index is 180. The molecule has 0 heterocycles. The predicted octanol–water partition coefficient (Wildman–Crippen LogP) is 0.0360. The Hall–Kier alpha value is -0.610. The lowest BCUT2D eigenvalue weighted by Gasteiger charge is -2.21. The van der Waals surface area contributed by atoms with E-state index in [9.17, 15) is 4.79 Å². The number of carbonyl (C=O) groups is 1. The van der Waals surface area contributed by atoms with Gasteiger partial charge in [-0.1, -0.05) is 13.8 Å². The smallest absolute Gasteiger partial charge is 0.237 e. The fourth-order valence-corrected chi connectivity index (χ4v) is 1.24. The summed E-state index contributed by atoms with van der Waals surface area (Å²) in [5.74, 6) is 0.121. The predicted molar refractivity (Wildman–Crippen MR) is 59.0 cm³/mol. The average molecular weight is 201 g/mol. The van der Waals surface area contributed by atoms with Gasteiger partial charge < -0.3 is 16.0 Å². The van der Waals surface area contributed by atoms with Crippen molar-refractivity contribution in [1.29, 1.82) is 0 Å². The lowest BCUT2D eigenvalue weighted by molar-refractivity contribution is -0.123. The topological polar surface area (TPSA) is 58.4 Å². The Morgan fingerprint density at radius 3 is 2.21 bits per heavy atom. The summed E-state index contributed by atoms with van der Waals surface area (Å²) in [6.45, 7) is 6.70. The molecule has 2 unspecified atom stereocenters. The van der Waals surface area contributed by atoms with Crippen LogP contribution in [0.5, 0.6) is 0 Å². The van der Waals surface area contributed by atoms with Gasteiger partial charge in [0.15, 0.2) is 0 Å². The second kappa shape index (κ2) is 5.98. The Kier molecular flexibility index (Phi) is 5.72. The molecule has 0 saturated heterocycles. The monoisotopic (exact) mass is 201 g/mol. The molecule has 4 nitrogen and oxygen atoms in total. The van der Waals surface area contributed by atoms with Crippen molar-refractivity contribution in [2.45, 2.75) is 32.9 Å². The standard InChI is InChI=1S/C10H23N3O/c1-7(2)9(11)10(14)12-8(3)6-13(4)5/h7-9H,6,11H2,1-5H3,(H,12,14). The highest BCUT2D eigenvalue weighted by molar-refractivity contribution is 5.81. The molecule has 0 aliphatic heterocycles. The van der Waals surface area contributed by atoms with Crippen LogP contribution in [0.2, 0.25) is 0 Å². The Morgan fingerprint density at radius 2 is 1.86 bits per heavy atom. The van der Waals surface area contributed by atoms with Gasteiger partial charge in [0.2, 0.25) is 5.91 Å². The fraction of sp³-hybridized carbons (Fsp3) is 0.900. The van der Waals surface area contributed by atoms with Crippen LogP contribution in [0.1, 0.15) is 20.8 Å². The first-order valence-corrected chi connectivity index (χ1v) is 5.05. The highest BCUT2D eigenvalue weighted by atomic mass is 16.2. The molecule has 0 aliphatic rings. The summed E-state index contributed by atoms with van der Waals surface area (Å²) in [4.78, 5) is 13.6. The van der Waals surface area contributed by atoms with E-state index in [0.29, 0.717) is 0 Å². The summed E-state index contributed by atoms with van der Waals surface area (Å²) in [5.41, 5.74) is 5.71. The van der Waals surface area contributed by atoms with Gasteiger partial charge in [-0.2, -0.15) is 0 Å². The van der Waals surface area contributed by atoms with Gasteiger partial charge in [0.1, 0.15) is 0 Å². The SMILES string of the molecule is CC(CN(C)C)NC(=O)C(N)C(C)C. The Morgan fingerprint density at radius 1 is 1.36 bits per heavy atom. The molecule has 0 spiro atoms. The minimum Gasteiger partial charge on any atom is -0.351 e. The van der Waals surface area contributed by atoms with E-state index in [1.807, 2.05) is 39.8 Å². The van der Waals surface area contributed by atoms with Gasteiger partial charge in [-0.05, 0) is 26.9 Å². The molecule has 2 atom stereocenters. The molecular formula is C10H23N3O. The van der Waals surface area contributed by atoms with Crippen molar-refractivity contribution in [2.24, 2.45) is 11.7 Å². The van der Waals surface area contributed by atoms with Crippen LogP contribution in [0.3, 0.4) is 0 Å². The molecule has 1 amide bonds. The summed E-state index contributed by atoms with van der Waals surface area (Å²) in [5, 5.41) is 2.89. The molecule has 4 heteroatoms. The second-order valence-corrected chi connectivity index (χ2v) is 4.44. The maximum absolute atomic E-state index is 11.5. The Balaban J connectivity index is 3.93. The first-order chi connectivity index (χ1) is 6.34. The first kappa shape index (κ1) is 13.4. The van der Waals surface area contributed by atoms with E-state index in [2.05, 4.69) is 5.32 Å². The van der Waals surface area contributed by atoms with Gasteiger partial charge in [0, 0.05) is 12.6 Å². The third kappa shape index (κ3) is 5.19. The number of nitrogens with one attached hydrogen (secondary N) is 1. The third-order valence-electron chi connectivity index (χ3n) is 2.05. The molecule has 0 saturated carbocycles. The molecule has 3 N–H and O–H groups in total. The van der Waals surface area contributed by atoms with Crippen LogP contribution in [0, 0.1) is 5.92 Å². The van der Waals surface area contributed by atoms with Crippen molar-refractivity contribution in [3.63, 3.8) is 0 Å². The van der Waals surface area contributed by atoms with E-state index < -0.39 is 6.04 Å². The molecule has 84 valence electrons. The number of carbonyl (C=O) groups excluding carboxylic acids is 1. The van der Waals surface area contributed by atoms with Gasteiger partial charge in [-0.3, -0.25) is 4.79 Å². The van der Waals surface area contributed by atoms with Crippen LogP contribution in [-0.4, -0.2) is 43.5 Å². The highest BCUT2D eigenvalue weighted by Crippen LogP contribution is 1.98. The van der Waals surface area contributed by atoms with Crippen LogP contribution in [-0.2, 0) is 4.79 Å². The minimum absolute atomic E-state index is 0.0608. The zero-order valence-corrected chi connectivity index (χ0v) is 9.87. The van der Waals surface area contributed by atoms with E-state index in [4.69, 9.17) is 5.73 Å². The number of amides is 1. The maximum atomic E-state index is 11.5. The largest absolute Gasteiger partial charge is 0.351 e. The zero-order valence-electron chi connectivity index (χ0n) is 9.87. The normalized spacial score (nSPS) is 15.7. The minimum atomic E-state index is -0.403. The summed E-state index contributed by atoms with van der Waals surface area (Å²) in [7, 11) is 3.95. The number of nitrogens with zero attached hydrogens (tertiary/aromatic N) is 1. The number of rotatable bonds is 5. The zero-order chi connectivity index (χ0) is 11.3. The van der Waals surface area contributed by atoms with Crippen LogP contribution < -0.4 is 11.1 Å². The van der Waals surface area contributed by atoms with E-state index in [0.717, 1.165) is 6.54 Å². The van der Waals surface area contributed by atoms with Gasteiger partial charge in [-0.15, -0.1) is 0 Å². The van der Waals surface area contributed by atoms with Crippen molar-refractivity contribution < 1.29 is 4.79 Å². The third-order valence-corrected chi connectivity index (χ3v) is 2.05. The van der Waals surface area contributed by atoms with Gasteiger partial charge in [0.05, 0.1) is 6.04 Å². The molecule has 0 fully saturated rings. The summed E-state index contributed by atoms with van der Waals surface area (Å²) < 4.78 is 0. The average Bonchev–Trinajstić information content (AvgIpc) is 2.00. The molecule has 14 heavy (non-hydrogen) atoms. The molecule has 0 rings (SSSR count). The fourth-order valence-electron chi connectivity index (χ4n) is 1.24. The molecule has 0 aromatic carbocycles. The first-order valence-electron chi connectivity index (χ1n) is 5.05. The molecule has 0 radical (unpaired) electrons. The van der Waals surface area contributed by atoms with E-state index in [1.165, 1.54) is 0 Å². The number of nitrogens with two attached hydrogens (primary N) is 1. The van der Waals surface area contributed by atoms with E-state index in [-0.39, 0.29) is 17.9 Å². The van der Waals surface area contributed by atoms with E-state index in [1.54, 1.807) is 0 Å². The molecule has 0 bridgehead atoms. The number of likely N-dealkylation sites (N-methyl/N-ethyl adjacent to an activating group) is 1. The van der Waals surface area contributed by atoms with Gasteiger partial charge in [0.25, 0.3) is 0 Å². The number of hydrogen-bond acceptors (Lipinski definition) is 3. The molecular weight excluding hydrogens is 178 g/mol. The summed E-state index contributed by atoms with van der Waals surface area (Å²) in [6, 6.07) is -0.262. The van der Waals surface area contributed by atoms with Gasteiger partial charge >= 0.3 is 0 Å². The van der Waals surface area contributed by atoms with E-state index >= 15 is 0 Å². The number of hydrogen-bond donors (Lipinski definition) is 2. The molecule has 0 aromatic heterocycles. The lowest BCUT2D eigenvalue weighted by atomic mass is 10.0. The van der Waals surface area contributed by atoms with Crippen molar-refractivity contribution in [3.05, 3.63) is 0 Å². The van der Waals surface area contributed by atoms with Crippen LogP contribution >= 0.6 is 0 Å². The molecule has 0 aromatic rings.